The molecular formula is C24H15N3O3. The van der Waals surface area contributed by atoms with Crippen LogP contribution in [0, 0.1) is 21.4 Å². The molecule has 6 heteroatoms. The second kappa shape index (κ2) is 7.86. The van der Waals surface area contributed by atoms with Crippen LogP contribution in [0.5, 0.6) is 0 Å². The van der Waals surface area contributed by atoms with Crippen LogP contribution in [0.15, 0.2) is 95.9 Å². The number of aromatic nitrogens is 1. The van der Waals surface area contributed by atoms with E-state index in [9.17, 15) is 20.2 Å². The normalized spacial score (nSPS) is 10.4. The summed E-state index contributed by atoms with van der Waals surface area (Å²) < 4.78 is 1.45. The first-order chi connectivity index (χ1) is 14.6. The number of nitrogens with zero attached hydrogens (tertiary/aromatic N) is 3. The molecule has 0 atom stereocenters. The van der Waals surface area contributed by atoms with Gasteiger partial charge in [0.15, 0.2) is 0 Å². The van der Waals surface area contributed by atoms with Gasteiger partial charge in [-0.3, -0.25) is 19.5 Å². The summed E-state index contributed by atoms with van der Waals surface area (Å²) in [6.07, 6.45) is 1.60. The number of hydrogen-bond donors (Lipinski definition) is 0. The van der Waals surface area contributed by atoms with Gasteiger partial charge in [0.25, 0.3) is 11.2 Å². The topological polar surface area (TPSA) is 88.9 Å². The molecule has 0 amide bonds. The molecule has 0 aliphatic heterocycles. The molecule has 4 aromatic rings. The number of para-hydroxylation sites is 2. The van der Waals surface area contributed by atoms with Crippen molar-refractivity contribution < 1.29 is 4.92 Å². The minimum absolute atomic E-state index is 0.0599. The Labute approximate surface area is 172 Å². The third-order valence-electron chi connectivity index (χ3n) is 4.80. The summed E-state index contributed by atoms with van der Waals surface area (Å²) in [6, 6.07) is 25.9. The zero-order chi connectivity index (χ0) is 21.1. The van der Waals surface area contributed by atoms with E-state index in [4.69, 9.17) is 0 Å². The van der Waals surface area contributed by atoms with Crippen molar-refractivity contribution >= 4 is 5.69 Å². The molecule has 0 saturated heterocycles. The Hall–Kier alpha value is -4.50. The largest absolute Gasteiger partial charge is 0.283 e. The summed E-state index contributed by atoms with van der Waals surface area (Å²) in [7, 11) is 0. The van der Waals surface area contributed by atoms with Gasteiger partial charge in [-0.25, -0.2) is 0 Å². The molecule has 0 aliphatic rings. The fourth-order valence-electron chi connectivity index (χ4n) is 3.40. The van der Waals surface area contributed by atoms with Crippen LogP contribution in [0.25, 0.3) is 27.9 Å². The Morgan fingerprint density at radius 2 is 1.47 bits per heavy atom. The van der Waals surface area contributed by atoms with Gasteiger partial charge < -0.3 is 0 Å². The standard InChI is InChI=1S/C24H15N3O3/c25-15-17-8-4-5-11-20(17)22-14-18(21-12-6-7-13-23(21)27(29)30)16-26(24(22)28)19-9-2-1-3-10-19/h1-14,16H. The average molecular weight is 393 g/mol. The molecule has 0 spiro atoms. The second-order valence-corrected chi connectivity index (χ2v) is 6.58. The minimum Gasteiger partial charge on any atom is -0.283 e. The highest BCUT2D eigenvalue weighted by Crippen LogP contribution is 2.32. The Bertz CT molecular complexity index is 1350. The maximum absolute atomic E-state index is 13.4. The monoisotopic (exact) mass is 393 g/mol. The van der Waals surface area contributed by atoms with E-state index in [1.54, 1.807) is 66.9 Å². The number of nitro groups is 1. The van der Waals surface area contributed by atoms with Gasteiger partial charge in [0, 0.05) is 34.6 Å². The van der Waals surface area contributed by atoms with Gasteiger partial charge in [-0.1, -0.05) is 48.5 Å². The molecule has 0 N–H and O–H groups in total. The first kappa shape index (κ1) is 18.8. The molecular weight excluding hydrogens is 378 g/mol. The summed E-state index contributed by atoms with van der Waals surface area (Å²) in [4.78, 5) is 24.5. The lowest BCUT2D eigenvalue weighted by molar-refractivity contribution is -0.384. The van der Waals surface area contributed by atoms with Crippen molar-refractivity contribution in [2.75, 3.05) is 0 Å². The van der Waals surface area contributed by atoms with Gasteiger partial charge >= 0.3 is 0 Å². The molecule has 1 heterocycles. The molecule has 6 nitrogen and oxygen atoms in total. The van der Waals surface area contributed by atoms with Crippen molar-refractivity contribution in [2.24, 2.45) is 0 Å². The Morgan fingerprint density at radius 3 is 2.17 bits per heavy atom. The lowest BCUT2D eigenvalue weighted by Crippen LogP contribution is -2.20. The van der Waals surface area contributed by atoms with E-state index in [1.807, 2.05) is 18.2 Å². The third-order valence-corrected chi connectivity index (χ3v) is 4.80. The van der Waals surface area contributed by atoms with Crippen molar-refractivity contribution in [2.45, 2.75) is 0 Å². The van der Waals surface area contributed by atoms with Gasteiger partial charge in [-0.05, 0) is 30.3 Å². The van der Waals surface area contributed by atoms with Crippen LogP contribution in [0.3, 0.4) is 0 Å². The van der Waals surface area contributed by atoms with Crippen molar-refractivity contribution in [3.8, 4) is 34.0 Å². The molecule has 4 rings (SSSR count). The van der Waals surface area contributed by atoms with E-state index in [0.717, 1.165) is 0 Å². The predicted octanol–water partition coefficient (Wildman–Crippen LogP) is 4.95. The fourth-order valence-corrected chi connectivity index (χ4v) is 3.40. The number of nitro benzene ring substituents is 1. The second-order valence-electron chi connectivity index (χ2n) is 6.58. The van der Waals surface area contributed by atoms with Gasteiger partial charge in [-0.2, -0.15) is 5.26 Å². The molecule has 0 aliphatic carbocycles. The van der Waals surface area contributed by atoms with Gasteiger partial charge in [0.1, 0.15) is 0 Å². The summed E-state index contributed by atoms with van der Waals surface area (Å²) in [5.74, 6) is 0. The first-order valence-corrected chi connectivity index (χ1v) is 9.15. The zero-order valence-corrected chi connectivity index (χ0v) is 15.7. The molecule has 0 radical (unpaired) electrons. The molecule has 144 valence electrons. The fraction of sp³-hybridized carbons (Fsp3) is 0. The van der Waals surface area contributed by atoms with Gasteiger partial charge in [0.05, 0.1) is 22.1 Å². The van der Waals surface area contributed by atoms with Gasteiger partial charge in [-0.15, -0.1) is 0 Å². The van der Waals surface area contributed by atoms with Crippen LogP contribution in [0.1, 0.15) is 5.56 Å². The van der Waals surface area contributed by atoms with Crippen LogP contribution in [-0.4, -0.2) is 9.49 Å². The SMILES string of the molecule is N#Cc1ccccc1-c1cc(-c2ccccc2[N+](=O)[O-])cn(-c2ccccc2)c1=O. The lowest BCUT2D eigenvalue weighted by Gasteiger charge is -2.13. The Kier molecular flexibility index (Phi) is 4.93. The van der Waals surface area contributed by atoms with Gasteiger partial charge in [0.2, 0.25) is 0 Å². The highest BCUT2D eigenvalue weighted by atomic mass is 16.6. The molecule has 0 fully saturated rings. The van der Waals surface area contributed by atoms with Crippen molar-refractivity contribution in [3.05, 3.63) is 117 Å². The quantitative estimate of drug-likeness (QED) is 0.362. The number of benzene rings is 3. The average Bonchev–Trinajstić information content (AvgIpc) is 2.80. The molecule has 0 saturated carbocycles. The molecule has 1 aromatic heterocycles. The van der Waals surface area contributed by atoms with Crippen LogP contribution < -0.4 is 5.56 Å². The first-order valence-electron chi connectivity index (χ1n) is 9.15. The number of pyridine rings is 1. The predicted molar refractivity (Wildman–Crippen MR) is 114 cm³/mol. The van der Waals surface area contributed by atoms with Crippen LogP contribution in [0.4, 0.5) is 5.69 Å². The number of nitriles is 1. The zero-order valence-electron chi connectivity index (χ0n) is 15.7. The lowest BCUT2D eigenvalue weighted by atomic mass is 9.97. The maximum atomic E-state index is 13.4. The van der Waals surface area contributed by atoms with E-state index in [1.165, 1.54) is 10.6 Å². The van der Waals surface area contributed by atoms with Crippen LogP contribution in [0.2, 0.25) is 0 Å². The highest BCUT2D eigenvalue weighted by Gasteiger charge is 2.19. The van der Waals surface area contributed by atoms with Crippen LogP contribution in [-0.2, 0) is 0 Å². The van der Waals surface area contributed by atoms with E-state index < -0.39 is 4.92 Å². The maximum Gasteiger partial charge on any atom is 0.277 e. The highest BCUT2D eigenvalue weighted by molar-refractivity contribution is 5.79. The molecule has 3 aromatic carbocycles. The van der Waals surface area contributed by atoms with Crippen LogP contribution >= 0.6 is 0 Å². The van der Waals surface area contributed by atoms with Crippen molar-refractivity contribution in [1.82, 2.24) is 4.57 Å². The summed E-state index contributed by atoms with van der Waals surface area (Å²) in [5.41, 5.74) is 2.28. The van der Waals surface area contributed by atoms with E-state index in [0.29, 0.717) is 33.5 Å². The van der Waals surface area contributed by atoms with E-state index >= 15 is 0 Å². The molecule has 30 heavy (non-hydrogen) atoms. The van der Waals surface area contributed by atoms with Crippen molar-refractivity contribution in [1.29, 1.82) is 5.26 Å². The minimum atomic E-state index is -0.448. The smallest absolute Gasteiger partial charge is 0.277 e. The number of hydrogen-bond acceptors (Lipinski definition) is 4. The Morgan fingerprint density at radius 1 is 0.833 bits per heavy atom. The third kappa shape index (κ3) is 3.36. The van der Waals surface area contributed by atoms with E-state index in [-0.39, 0.29) is 11.2 Å². The summed E-state index contributed by atoms with van der Waals surface area (Å²) in [6.45, 7) is 0. The molecule has 0 unspecified atom stereocenters. The summed E-state index contributed by atoms with van der Waals surface area (Å²) in [5, 5.41) is 21.1. The number of rotatable bonds is 4. The molecule has 0 bridgehead atoms. The summed E-state index contributed by atoms with van der Waals surface area (Å²) >= 11 is 0. The Balaban J connectivity index is 2.08. The van der Waals surface area contributed by atoms with Crippen molar-refractivity contribution in [3.63, 3.8) is 0 Å². The van der Waals surface area contributed by atoms with E-state index in [2.05, 4.69) is 6.07 Å².